The predicted octanol–water partition coefficient (Wildman–Crippen LogP) is 3.75. The maximum absolute atomic E-state index is 12.3. The fraction of sp³-hybridized carbons (Fsp3) is 0.105. The summed E-state index contributed by atoms with van der Waals surface area (Å²) in [6.45, 7) is 1.95. The Morgan fingerprint density at radius 2 is 1.83 bits per heavy atom. The smallest absolute Gasteiger partial charge is 0.269 e. The van der Waals surface area contributed by atoms with Crippen LogP contribution >= 0.6 is 11.5 Å². The van der Waals surface area contributed by atoms with Crippen LogP contribution in [0.2, 0.25) is 0 Å². The van der Waals surface area contributed by atoms with Gasteiger partial charge in [-0.25, -0.2) is 0 Å². The molecule has 0 saturated carbocycles. The van der Waals surface area contributed by atoms with Crippen molar-refractivity contribution in [3.8, 4) is 11.8 Å². The molecule has 1 N–H and O–H groups in total. The molecule has 1 heterocycles. The molecule has 3 rings (SSSR count). The zero-order chi connectivity index (χ0) is 16.8. The second-order valence-corrected chi connectivity index (χ2v) is 5.81. The van der Waals surface area contributed by atoms with Crippen LogP contribution in [0.3, 0.4) is 0 Å². The highest BCUT2D eigenvalue weighted by Gasteiger charge is 2.14. The fourth-order valence-electron chi connectivity index (χ4n) is 2.14. The summed E-state index contributed by atoms with van der Waals surface area (Å²) in [7, 11) is 0. The van der Waals surface area contributed by atoms with Gasteiger partial charge >= 0.3 is 0 Å². The molecule has 2 aromatic carbocycles. The number of rotatable bonds is 3. The van der Waals surface area contributed by atoms with Gasteiger partial charge in [-0.2, -0.15) is 0 Å². The van der Waals surface area contributed by atoms with Crippen molar-refractivity contribution in [3.05, 3.63) is 76.3 Å². The number of hydrogen-bond acceptors (Lipinski definition) is 4. The van der Waals surface area contributed by atoms with Crippen molar-refractivity contribution in [1.82, 2.24) is 9.59 Å². The third-order valence-corrected chi connectivity index (χ3v) is 4.11. The molecule has 0 radical (unpaired) electrons. The van der Waals surface area contributed by atoms with Gasteiger partial charge in [0.15, 0.2) is 0 Å². The number of benzene rings is 2. The highest BCUT2D eigenvalue weighted by atomic mass is 32.1. The zero-order valence-electron chi connectivity index (χ0n) is 13.1. The van der Waals surface area contributed by atoms with Crippen molar-refractivity contribution in [2.45, 2.75) is 13.3 Å². The van der Waals surface area contributed by atoms with Crippen molar-refractivity contribution in [3.63, 3.8) is 0 Å². The van der Waals surface area contributed by atoms with Crippen LogP contribution in [0.15, 0.2) is 54.6 Å². The molecular formula is C19H15N3OS. The average Bonchev–Trinajstić information content (AvgIpc) is 3.10. The summed E-state index contributed by atoms with van der Waals surface area (Å²) in [5, 5.41) is 6.84. The summed E-state index contributed by atoms with van der Waals surface area (Å²) in [6, 6.07) is 17.3. The summed E-state index contributed by atoms with van der Waals surface area (Å²) < 4.78 is 3.84. The molecule has 0 fully saturated rings. The first kappa shape index (κ1) is 15.9. The SMILES string of the molecule is CCc1nnsc1C(=O)Nc1cccc(C#Cc2ccccc2)c1. The van der Waals surface area contributed by atoms with Gasteiger partial charge < -0.3 is 5.32 Å². The largest absolute Gasteiger partial charge is 0.321 e. The number of hydrogen-bond donors (Lipinski definition) is 1. The third kappa shape index (κ3) is 3.86. The van der Waals surface area contributed by atoms with Crippen LogP contribution in [-0.2, 0) is 6.42 Å². The fourth-order valence-corrected chi connectivity index (χ4v) is 2.79. The summed E-state index contributed by atoms with van der Waals surface area (Å²) in [5.74, 6) is 6.03. The van der Waals surface area contributed by atoms with Gasteiger partial charge in [0.05, 0.1) is 5.69 Å². The van der Waals surface area contributed by atoms with E-state index in [9.17, 15) is 4.79 Å². The number of aryl methyl sites for hydroxylation is 1. The Morgan fingerprint density at radius 3 is 2.62 bits per heavy atom. The lowest BCUT2D eigenvalue weighted by atomic mass is 10.1. The predicted molar refractivity (Wildman–Crippen MR) is 96.1 cm³/mol. The molecule has 0 spiro atoms. The Bertz CT molecular complexity index is 907. The Morgan fingerprint density at radius 1 is 1.08 bits per heavy atom. The van der Waals surface area contributed by atoms with Crippen molar-refractivity contribution in [2.75, 3.05) is 5.32 Å². The van der Waals surface area contributed by atoms with E-state index in [1.807, 2.05) is 61.5 Å². The average molecular weight is 333 g/mol. The van der Waals surface area contributed by atoms with Crippen molar-refractivity contribution >= 4 is 23.1 Å². The van der Waals surface area contributed by atoms with Gasteiger partial charge in [0.2, 0.25) is 0 Å². The normalized spacial score (nSPS) is 9.88. The van der Waals surface area contributed by atoms with Crippen molar-refractivity contribution < 1.29 is 4.79 Å². The van der Waals surface area contributed by atoms with E-state index in [4.69, 9.17) is 0 Å². The quantitative estimate of drug-likeness (QED) is 0.743. The lowest BCUT2D eigenvalue weighted by Gasteiger charge is -2.04. The molecule has 0 unspecified atom stereocenters. The van der Waals surface area contributed by atoms with Gasteiger partial charge in [-0.3, -0.25) is 4.79 Å². The van der Waals surface area contributed by atoms with Gasteiger partial charge in [0.25, 0.3) is 5.91 Å². The highest BCUT2D eigenvalue weighted by molar-refractivity contribution is 7.08. The number of aromatic nitrogens is 2. The summed E-state index contributed by atoms with van der Waals surface area (Å²) in [4.78, 5) is 12.9. The van der Waals surface area contributed by atoms with Crippen LogP contribution in [0.25, 0.3) is 0 Å². The van der Waals surface area contributed by atoms with Crippen molar-refractivity contribution in [1.29, 1.82) is 0 Å². The van der Waals surface area contributed by atoms with Crippen LogP contribution in [0, 0.1) is 11.8 Å². The lowest BCUT2D eigenvalue weighted by Crippen LogP contribution is -2.12. The molecule has 0 aliphatic rings. The maximum atomic E-state index is 12.3. The van der Waals surface area contributed by atoms with E-state index >= 15 is 0 Å². The van der Waals surface area contributed by atoms with Gasteiger partial charge in [-0.15, -0.1) is 5.10 Å². The minimum Gasteiger partial charge on any atom is -0.321 e. The van der Waals surface area contributed by atoms with Crippen molar-refractivity contribution in [2.24, 2.45) is 0 Å². The number of nitrogens with zero attached hydrogens (tertiary/aromatic N) is 2. The molecule has 0 atom stereocenters. The monoisotopic (exact) mass is 333 g/mol. The van der Waals surface area contributed by atoms with Crippen LogP contribution in [0.4, 0.5) is 5.69 Å². The second kappa shape index (κ2) is 7.53. The number of carbonyl (C=O) groups excluding carboxylic acids is 1. The third-order valence-electron chi connectivity index (χ3n) is 3.34. The molecule has 24 heavy (non-hydrogen) atoms. The number of anilines is 1. The topological polar surface area (TPSA) is 54.9 Å². The molecule has 1 amide bonds. The molecule has 0 bridgehead atoms. The number of nitrogens with one attached hydrogen (secondary N) is 1. The van der Waals surface area contributed by atoms with E-state index < -0.39 is 0 Å². The molecule has 118 valence electrons. The molecule has 0 aliphatic heterocycles. The minimum atomic E-state index is -0.185. The molecule has 0 saturated heterocycles. The van der Waals surface area contributed by atoms with Gasteiger partial charge in [-0.1, -0.05) is 47.5 Å². The van der Waals surface area contributed by atoms with Gasteiger partial charge in [-0.05, 0) is 48.3 Å². The van der Waals surface area contributed by atoms with Crippen LogP contribution < -0.4 is 5.32 Å². The summed E-state index contributed by atoms with van der Waals surface area (Å²) in [5.41, 5.74) is 3.22. The van der Waals surface area contributed by atoms with Crippen LogP contribution in [-0.4, -0.2) is 15.5 Å². The summed E-state index contributed by atoms with van der Waals surface area (Å²) >= 11 is 1.11. The maximum Gasteiger partial charge on any atom is 0.269 e. The van der Waals surface area contributed by atoms with Gasteiger partial charge in [0, 0.05) is 16.8 Å². The number of amides is 1. The zero-order valence-corrected chi connectivity index (χ0v) is 13.9. The molecular weight excluding hydrogens is 318 g/mol. The van der Waals surface area contributed by atoms with E-state index in [1.54, 1.807) is 0 Å². The first-order chi connectivity index (χ1) is 11.8. The minimum absolute atomic E-state index is 0.185. The Balaban J connectivity index is 1.76. The van der Waals surface area contributed by atoms with Crippen LogP contribution in [0.1, 0.15) is 33.4 Å². The van der Waals surface area contributed by atoms with E-state index in [0.29, 0.717) is 17.0 Å². The van der Waals surface area contributed by atoms with E-state index in [2.05, 4.69) is 26.7 Å². The van der Waals surface area contributed by atoms with E-state index in [0.717, 1.165) is 28.4 Å². The summed E-state index contributed by atoms with van der Waals surface area (Å²) in [6.07, 6.45) is 0.682. The standard InChI is InChI=1S/C19H15N3OS/c1-2-17-18(24-22-21-17)19(23)20-16-10-6-9-15(13-16)12-11-14-7-4-3-5-8-14/h3-10,13H,2H2,1H3,(H,20,23). The van der Waals surface area contributed by atoms with Gasteiger partial charge in [0.1, 0.15) is 4.88 Å². The number of carbonyl (C=O) groups is 1. The first-order valence-electron chi connectivity index (χ1n) is 7.56. The Labute approximate surface area is 144 Å². The highest BCUT2D eigenvalue weighted by Crippen LogP contribution is 2.16. The molecule has 0 aliphatic carbocycles. The molecule has 4 nitrogen and oxygen atoms in total. The van der Waals surface area contributed by atoms with E-state index in [-0.39, 0.29) is 5.91 Å². The Kier molecular flexibility index (Phi) is 4.99. The molecule has 1 aromatic heterocycles. The first-order valence-corrected chi connectivity index (χ1v) is 8.33. The second-order valence-electron chi connectivity index (χ2n) is 5.05. The molecule has 3 aromatic rings. The Hall–Kier alpha value is -2.97. The van der Waals surface area contributed by atoms with Crippen LogP contribution in [0.5, 0.6) is 0 Å². The van der Waals surface area contributed by atoms with E-state index in [1.165, 1.54) is 0 Å². The lowest BCUT2D eigenvalue weighted by molar-refractivity contribution is 0.102. The molecule has 5 heteroatoms.